The van der Waals surface area contributed by atoms with E-state index in [1.165, 1.54) is 0 Å². The van der Waals surface area contributed by atoms with E-state index < -0.39 is 0 Å². The maximum Gasteiger partial charge on any atom is 0.318 e. The van der Waals surface area contributed by atoms with Crippen molar-refractivity contribution >= 4 is 6.03 Å². The third kappa shape index (κ3) is 4.85. The lowest BCUT2D eigenvalue weighted by molar-refractivity contribution is -0.0655. The van der Waals surface area contributed by atoms with Crippen LogP contribution in [0.2, 0.25) is 0 Å². The zero-order chi connectivity index (χ0) is 17.5. The zero-order valence-electron chi connectivity index (χ0n) is 14.3. The summed E-state index contributed by atoms with van der Waals surface area (Å²) in [4.78, 5) is 14.2. The molecule has 2 amide bonds. The molecule has 2 atom stereocenters. The number of urea groups is 1. The molecular formula is C21H22N2O2. The van der Waals surface area contributed by atoms with Crippen molar-refractivity contribution in [2.75, 3.05) is 19.6 Å². The maximum absolute atomic E-state index is 12.4. The average Bonchev–Trinajstić information content (AvgIpc) is 2.66. The topological polar surface area (TPSA) is 41.6 Å². The van der Waals surface area contributed by atoms with E-state index >= 15 is 0 Å². The van der Waals surface area contributed by atoms with Gasteiger partial charge in [0.15, 0.2) is 0 Å². The van der Waals surface area contributed by atoms with Crippen LogP contribution in [0.4, 0.5) is 4.79 Å². The highest BCUT2D eigenvalue weighted by atomic mass is 16.5. The van der Waals surface area contributed by atoms with E-state index in [-0.39, 0.29) is 18.2 Å². The average molecular weight is 334 g/mol. The molecule has 4 heteroatoms. The first-order chi connectivity index (χ1) is 12.2. The predicted molar refractivity (Wildman–Crippen MR) is 98.0 cm³/mol. The predicted octanol–water partition coefficient (Wildman–Crippen LogP) is 3.21. The molecule has 1 aliphatic rings. The van der Waals surface area contributed by atoms with Crippen LogP contribution in [0, 0.1) is 11.8 Å². The maximum atomic E-state index is 12.4. The van der Waals surface area contributed by atoms with Crippen LogP contribution in [0.15, 0.2) is 60.7 Å². The molecule has 0 unspecified atom stereocenters. The van der Waals surface area contributed by atoms with Crippen LogP contribution in [-0.2, 0) is 4.74 Å². The first kappa shape index (κ1) is 17.1. The van der Waals surface area contributed by atoms with Crippen LogP contribution < -0.4 is 5.32 Å². The minimum absolute atomic E-state index is 0.000101. The van der Waals surface area contributed by atoms with Gasteiger partial charge >= 0.3 is 6.03 Å². The second kappa shape index (κ2) is 8.36. The number of nitrogens with zero attached hydrogens (tertiary/aromatic N) is 1. The Hall–Kier alpha value is -2.77. The van der Waals surface area contributed by atoms with Gasteiger partial charge in [-0.15, -0.1) is 0 Å². The van der Waals surface area contributed by atoms with E-state index in [0.29, 0.717) is 19.6 Å². The molecule has 1 heterocycles. The molecule has 25 heavy (non-hydrogen) atoms. The van der Waals surface area contributed by atoms with E-state index in [2.05, 4.69) is 17.2 Å². The summed E-state index contributed by atoms with van der Waals surface area (Å²) < 4.78 is 5.99. The van der Waals surface area contributed by atoms with Crippen LogP contribution in [0.3, 0.4) is 0 Å². The molecule has 1 aliphatic heterocycles. The van der Waals surface area contributed by atoms with Crippen LogP contribution >= 0.6 is 0 Å². The standard InChI is InChI=1S/C21H22N2O2/c1-17-15-23(16-20(25-17)19-12-6-3-7-13-19)21(24)22-14-8-11-18-9-4-2-5-10-18/h2-7,9-10,12-13,17,20H,14-16H2,1H3,(H,22,24)/t17-,20-/m1/s1. The van der Waals surface area contributed by atoms with E-state index in [0.717, 1.165) is 11.1 Å². The summed E-state index contributed by atoms with van der Waals surface area (Å²) in [5.41, 5.74) is 2.04. The van der Waals surface area contributed by atoms with E-state index in [9.17, 15) is 4.79 Å². The second-order valence-corrected chi connectivity index (χ2v) is 6.08. The molecule has 1 saturated heterocycles. The summed E-state index contributed by atoms with van der Waals surface area (Å²) in [6, 6.07) is 19.7. The summed E-state index contributed by atoms with van der Waals surface area (Å²) >= 11 is 0. The molecule has 0 aromatic heterocycles. The zero-order valence-corrected chi connectivity index (χ0v) is 14.3. The first-order valence-corrected chi connectivity index (χ1v) is 8.49. The van der Waals surface area contributed by atoms with Crippen molar-refractivity contribution in [3.8, 4) is 11.8 Å². The molecular weight excluding hydrogens is 312 g/mol. The Morgan fingerprint density at radius 2 is 1.80 bits per heavy atom. The fourth-order valence-corrected chi connectivity index (χ4v) is 2.87. The quantitative estimate of drug-likeness (QED) is 0.857. The van der Waals surface area contributed by atoms with Gasteiger partial charge < -0.3 is 15.0 Å². The Morgan fingerprint density at radius 1 is 1.12 bits per heavy atom. The number of nitrogens with one attached hydrogen (secondary N) is 1. The summed E-state index contributed by atoms with van der Waals surface area (Å²) in [5, 5.41) is 2.87. The van der Waals surface area contributed by atoms with Gasteiger partial charge in [-0.2, -0.15) is 0 Å². The minimum Gasteiger partial charge on any atom is -0.367 e. The highest BCUT2D eigenvalue weighted by Crippen LogP contribution is 2.24. The first-order valence-electron chi connectivity index (χ1n) is 8.49. The van der Waals surface area contributed by atoms with E-state index in [4.69, 9.17) is 4.74 Å². The Balaban J connectivity index is 1.55. The highest BCUT2D eigenvalue weighted by Gasteiger charge is 2.29. The van der Waals surface area contributed by atoms with Gasteiger partial charge in [0.25, 0.3) is 0 Å². The minimum atomic E-state index is -0.0987. The lowest BCUT2D eigenvalue weighted by Crippen LogP contribution is -2.49. The van der Waals surface area contributed by atoms with Gasteiger partial charge in [0, 0.05) is 12.1 Å². The summed E-state index contributed by atoms with van der Waals surface area (Å²) in [5.74, 6) is 6.02. The fraction of sp³-hybridized carbons (Fsp3) is 0.286. The number of hydrogen-bond acceptors (Lipinski definition) is 2. The van der Waals surface area contributed by atoms with Crippen molar-refractivity contribution < 1.29 is 9.53 Å². The van der Waals surface area contributed by atoms with Crippen molar-refractivity contribution in [3.63, 3.8) is 0 Å². The molecule has 2 aromatic carbocycles. The number of morpholine rings is 1. The van der Waals surface area contributed by atoms with Gasteiger partial charge in [0.2, 0.25) is 0 Å². The number of carbonyl (C=O) groups is 1. The van der Waals surface area contributed by atoms with Gasteiger partial charge in [-0.1, -0.05) is 60.4 Å². The number of amides is 2. The molecule has 0 spiro atoms. The summed E-state index contributed by atoms with van der Waals surface area (Å²) in [6.45, 7) is 3.45. The van der Waals surface area contributed by atoms with Crippen molar-refractivity contribution in [3.05, 3.63) is 71.8 Å². The van der Waals surface area contributed by atoms with Crippen LogP contribution in [-0.4, -0.2) is 36.7 Å². The van der Waals surface area contributed by atoms with E-state index in [1.54, 1.807) is 4.90 Å². The van der Waals surface area contributed by atoms with Crippen molar-refractivity contribution in [1.82, 2.24) is 10.2 Å². The van der Waals surface area contributed by atoms with Crippen molar-refractivity contribution in [2.45, 2.75) is 19.1 Å². The Morgan fingerprint density at radius 3 is 2.52 bits per heavy atom. The second-order valence-electron chi connectivity index (χ2n) is 6.08. The largest absolute Gasteiger partial charge is 0.367 e. The molecule has 0 saturated carbocycles. The summed E-state index contributed by atoms with van der Waals surface area (Å²) in [6.07, 6.45) is -0.0915. The molecule has 128 valence electrons. The third-order valence-electron chi connectivity index (χ3n) is 4.05. The smallest absolute Gasteiger partial charge is 0.318 e. The van der Waals surface area contributed by atoms with Crippen LogP contribution in [0.1, 0.15) is 24.2 Å². The Labute approximate surface area is 148 Å². The lowest BCUT2D eigenvalue weighted by Gasteiger charge is -2.36. The molecule has 0 radical (unpaired) electrons. The Kier molecular flexibility index (Phi) is 5.71. The number of rotatable bonds is 2. The summed E-state index contributed by atoms with van der Waals surface area (Å²) in [7, 11) is 0. The molecule has 4 nitrogen and oxygen atoms in total. The highest BCUT2D eigenvalue weighted by molar-refractivity contribution is 5.74. The number of benzene rings is 2. The Bertz CT molecular complexity index is 750. The van der Waals surface area contributed by atoms with Gasteiger partial charge in [0.1, 0.15) is 6.10 Å². The third-order valence-corrected chi connectivity index (χ3v) is 4.05. The van der Waals surface area contributed by atoms with Gasteiger partial charge in [-0.25, -0.2) is 4.79 Å². The van der Waals surface area contributed by atoms with Gasteiger partial charge in [0.05, 0.1) is 19.2 Å². The van der Waals surface area contributed by atoms with Crippen molar-refractivity contribution in [1.29, 1.82) is 0 Å². The van der Waals surface area contributed by atoms with Crippen LogP contribution in [0.5, 0.6) is 0 Å². The fourth-order valence-electron chi connectivity index (χ4n) is 2.87. The lowest BCUT2D eigenvalue weighted by atomic mass is 10.1. The number of ether oxygens (including phenoxy) is 1. The van der Waals surface area contributed by atoms with Crippen molar-refractivity contribution in [2.24, 2.45) is 0 Å². The molecule has 2 aromatic rings. The number of carbonyl (C=O) groups excluding carboxylic acids is 1. The molecule has 1 fully saturated rings. The molecule has 3 rings (SSSR count). The SMILES string of the molecule is C[C@@H]1CN(C(=O)NCC#Cc2ccccc2)C[C@H](c2ccccc2)O1. The normalized spacial score (nSPS) is 19.6. The van der Waals surface area contributed by atoms with Gasteiger partial charge in [-0.3, -0.25) is 0 Å². The van der Waals surface area contributed by atoms with Gasteiger partial charge in [-0.05, 0) is 24.6 Å². The molecule has 0 bridgehead atoms. The molecule has 1 N–H and O–H groups in total. The monoisotopic (exact) mass is 334 g/mol. The number of hydrogen-bond donors (Lipinski definition) is 1. The van der Waals surface area contributed by atoms with Crippen LogP contribution in [0.25, 0.3) is 0 Å². The molecule has 0 aliphatic carbocycles. The van der Waals surface area contributed by atoms with E-state index in [1.807, 2.05) is 67.6 Å².